The lowest BCUT2D eigenvalue weighted by atomic mass is 10.2. The molecule has 0 saturated heterocycles. The molecule has 2 nitrogen and oxygen atoms in total. The Morgan fingerprint density at radius 3 is 1.52 bits per heavy atom. The zero-order valence-corrected chi connectivity index (χ0v) is 14.7. The summed E-state index contributed by atoms with van der Waals surface area (Å²) in [5.74, 6) is 0. The van der Waals surface area contributed by atoms with Crippen LogP contribution < -0.4 is 4.67 Å². The lowest BCUT2D eigenvalue weighted by Crippen LogP contribution is -2.25. The molecule has 4 heteroatoms. The number of benzene rings is 2. The van der Waals surface area contributed by atoms with Crippen LogP contribution >= 0.6 is 17.9 Å². The molecule has 2 rings (SSSR count). The minimum Gasteiger partial charge on any atom is -0.287 e. The zero-order valence-electron chi connectivity index (χ0n) is 13.0. The first-order chi connectivity index (χ1) is 9.90. The van der Waals surface area contributed by atoms with E-state index in [-0.39, 0.29) is 5.16 Å². The third kappa shape index (κ3) is 3.20. The van der Waals surface area contributed by atoms with Crippen LogP contribution in [0.3, 0.4) is 0 Å². The molecule has 1 atom stereocenters. The molecule has 0 bridgehead atoms. The molecule has 0 radical (unpaired) electrons. The highest BCUT2D eigenvalue weighted by Gasteiger charge is 2.42. The number of para-hydroxylation sites is 2. The molecule has 0 saturated carbocycles. The first kappa shape index (κ1) is 16.2. The molecule has 0 N–H and O–H groups in total. The van der Waals surface area contributed by atoms with Gasteiger partial charge in [0.2, 0.25) is 6.49 Å². The molecule has 0 heterocycles. The Kier molecular flexibility index (Phi) is 4.85. The molecule has 2 aromatic carbocycles. The molecule has 0 fully saturated rings. The molecule has 2 aromatic rings. The van der Waals surface area contributed by atoms with Gasteiger partial charge in [-0.15, -0.1) is 0 Å². The third-order valence-corrected chi connectivity index (χ3v) is 10.2. The highest BCUT2D eigenvalue weighted by molar-refractivity contribution is 8.58. The lowest BCUT2D eigenvalue weighted by molar-refractivity contribution is 0.561. The topological polar surface area (TPSA) is 20.3 Å². The van der Waals surface area contributed by atoms with E-state index in [0.717, 1.165) is 11.4 Å². The van der Waals surface area contributed by atoms with Gasteiger partial charge in [0.05, 0.1) is 0 Å². The van der Waals surface area contributed by atoms with Gasteiger partial charge in [-0.3, -0.25) is 9.24 Å². The van der Waals surface area contributed by atoms with Gasteiger partial charge in [-0.2, -0.15) is 0 Å². The van der Waals surface area contributed by atoms with Crippen LogP contribution in [-0.2, 0) is 4.57 Å². The van der Waals surface area contributed by atoms with Crippen molar-refractivity contribution >= 4 is 29.3 Å². The van der Waals surface area contributed by atoms with Crippen molar-refractivity contribution in [1.29, 1.82) is 0 Å². The summed E-state index contributed by atoms with van der Waals surface area (Å²) < 4.78 is 15.8. The summed E-state index contributed by atoms with van der Waals surface area (Å²) in [6.07, 6.45) is 1.94. The Labute approximate surface area is 131 Å². The molecular formula is C17H22NOPS. The predicted molar refractivity (Wildman–Crippen MR) is 95.9 cm³/mol. The molecule has 0 aliphatic rings. The van der Waals surface area contributed by atoms with Gasteiger partial charge in [0.15, 0.2) is 0 Å². The molecular weight excluding hydrogens is 297 g/mol. The molecule has 112 valence electrons. The first-order valence-corrected chi connectivity index (χ1v) is 10.5. The summed E-state index contributed by atoms with van der Waals surface area (Å²) in [7, 11) is 0. The monoisotopic (exact) mass is 319 g/mol. The van der Waals surface area contributed by atoms with E-state index in [2.05, 4.69) is 0 Å². The highest BCUT2D eigenvalue weighted by Crippen LogP contribution is 2.72. The van der Waals surface area contributed by atoms with Crippen LogP contribution in [0.1, 0.15) is 20.8 Å². The van der Waals surface area contributed by atoms with Gasteiger partial charge in [0.1, 0.15) is 0 Å². The van der Waals surface area contributed by atoms with Crippen molar-refractivity contribution in [2.24, 2.45) is 0 Å². The fraction of sp³-hybridized carbons (Fsp3) is 0.294. The Hall–Kier alpha value is -1.18. The molecule has 1 unspecified atom stereocenters. The molecule has 0 amide bonds. The normalized spacial score (nSPS) is 14.5. The van der Waals surface area contributed by atoms with E-state index in [4.69, 9.17) is 0 Å². The maximum Gasteiger partial charge on any atom is 0.235 e. The number of anilines is 2. The van der Waals surface area contributed by atoms with E-state index in [9.17, 15) is 4.57 Å². The fourth-order valence-electron chi connectivity index (χ4n) is 2.25. The standard InChI is InChI=1S/C17H22NOPS/c1-17(2,3)20(19,21-4)18(15-11-7-5-8-12-15)16-13-9-6-10-14-16/h5-14H,1-4H3. The van der Waals surface area contributed by atoms with E-state index in [1.54, 1.807) is 0 Å². The van der Waals surface area contributed by atoms with Gasteiger partial charge >= 0.3 is 0 Å². The van der Waals surface area contributed by atoms with Crippen LogP contribution in [-0.4, -0.2) is 11.4 Å². The number of hydrogen-bond donors (Lipinski definition) is 0. The average Bonchev–Trinajstić information content (AvgIpc) is 2.48. The fourth-order valence-corrected chi connectivity index (χ4v) is 7.13. The van der Waals surface area contributed by atoms with Crippen LogP contribution in [0, 0.1) is 0 Å². The van der Waals surface area contributed by atoms with Gasteiger partial charge in [-0.05, 0) is 30.5 Å². The second-order valence-electron chi connectivity index (χ2n) is 5.86. The summed E-state index contributed by atoms with van der Waals surface area (Å²) in [5, 5.41) is -0.321. The number of nitrogens with zero attached hydrogens (tertiary/aromatic N) is 1. The van der Waals surface area contributed by atoms with Gasteiger partial charge in [-0.1, -0.05) is 68.6 Å². The molecule has 0 aliphatic heterocycles. The Morgan fingerprint density at radius 2 is 1.24 bits per heavy atom. The van der Waals surface area contributed by atoms with Crippen LogP contribution in [0.15, 0.2) is 60.7 Å². The predicted octanol–water partition coefficient (Wildman–Crippen LogP) is 6.18. The Balaban J connectivity index is 2.65. The van der Waals surface area contributed by atoms with Gasteiger partial charge < -0.3 is 0 Å². The van der Waals surface area contributed by atoms with Crippen molar-refractivity contribution in [2.45, 2.75) is 25.9 Å². The second-order valence-corrected chi connectivity index (χ2v) is 11.6. The quantitative estimate of drug-likeness (QED) is 0.628. The Bertz CT molecular complexity index is 583. The van der Waals surface area contributed by atoms with Crippen LogP contribution in [0.25, 0.3) is 0 Å². The summed E-state index contributed by atoms with van der Waals surface area (Å²) in [5.41, 5.74) is 1.94. The first-order valence-electron chi connectivity index (χ1n) is 6.97. The van der Waals surface area contributed by atoms with E-state index in [1.165, 1.54) is 11.4 Å². The van der Waals surface area contributed by atoms with Gasteiger partial charge in [0.25, 0.3) is 0 Å². The van der Waals surface area contributed by atoms with Crippen molar-refractivity contribution in [3.8, 4) is 0 Å². The van der Waals surface area contributed by atoms with Crippen LogP contribution in [0.5, 0.6) is 0 Å². The van der Waals surface area contributed by atoms with E-state index < -0.39 is 6.49 Å². The Morgan fingerprint density at radius 1 is 0.857 bits per heavy atom. The van der Waals surface area contributed by atoms with Crippen LogP contribution in [0.4, 0.5) is 11.4 Å². The van der Waals surface area contributed by atoms with E-state index >= 15 is 0 Å². The van der Waals surface area contributed by atoms with Crippen molar-refractivity contribution in [3.05, 3.63) is 60.7 Å². The molecule has 0 aromatic heterocycles. The molecule has 21 heavy (non-hydrogen) atoms. The maximum absolute atomic E-state index is 13.8. The van der Waals surface area contributed by atoms with Crippen molar-refractivity contribution in [2.75, 3.05) is 10.9 Å². The summed E-state index contributed by atoms with van der Waals surface area (Å²) >= 11 is 1.46. The zero-order chi connectivity index (χ0) is 15.5. The average molecular weight is 319 g/mol. The van der Waals surface area contributed by atoms with E-state index in [0.29, 0.717) is 0 Å². The smallest absolute Gasteiger partial charge is 0.235 e. The largest absolute Gasteiger partial charge is 0.287 e. The molecule has 0 spiro atoms. The van der Waals surface area contributed by atoms with Gasteiger partial charge in [0, 0.05) is 16.5 Å². The van der Waals surface area contributed by atoms with E-state index in [1.807, 2.05) is 92.4 Å². The van der Waals surface area contributed by atoms with Gasteiger partial charge in [-0.25, -0.2) is 0 Å². The third-order valence-electron chi connectivity index (χ3n) is 3.36. The highest BCUT2D eigenvalue weighted by atomic mass is 32.7. The number of hydrogen-bond acceptors (Lipinski definition) is 2. The summed E-state index contributed by atoms with van der Waals surface area (Å²) in [6, 6.07) is 20.0. The van der Waals surface area contributed by atoms with Crippen molar-refractivity contribution in [1.82, 2.24) is 0 Å². The lowest BCUT2D eigenvalue weighted by Gasteiger charge is -2.40. The maximum atomic E-state index is 13.8. The SMILES string of the molecule is CSP(=O)(N(c1ccccc1)c1ccccc1)C(C)(C)C. The van der Waals surface area contributed by atoms with Crippen molar-refractivity contribution < 1.29 is 4.57 Å². The number of rotatable bonds is 4. The minimum atomic E-state index is -2.69. The summed E-state index contributed by atoms with van der Waals surface area (Å²) in [4.78, 5) is 0. The van der Waals surface area contributed by atoms with Crippen molar-refractivity contribution in [3.63, 3.8) is 0 Å². The minimum absolute atomic E-state index is 0.321. The summed E-state index contributed by atoms with van der Waals surface area (Å²) in [6.45, 7) is 3.45. The van der Waals surface area contributed by atoms with Crippen LogP contribution in [0.2, 0.25) is 0 Å². The second kappa shape index (κ2) is 6.29. The molecule has 0 aliphatic carbocycles.